The molecule has 0 atom stereocenters. The fraction of sp³-hybridized carbons (Fsp3) is 0.409. The first-order valence-corrected chi connectivity index (χ1v) is 8.78. The van der Waals surface area contributed by atoms with Gasteiger partial charge in [0, 0.05) is 12.5 Å². The molecule has 2 aromatic rings. The van der Waals surface area contributed by atoms with Crippen LogP contribution in [0.2, 0.25) is 0 Å². The lowest BCUT2D eigenvalue weighted by atomic mass is 9.93. The SMILES string of the molecule is COCN(C(=O)C(C)(C)C)c1c(C)cccc1CCc1ccccc1. The van der Waals surface area contributed by atoms with Crippen LogP contribution in [0.25, 0.3) is 0 Å². The maximum atomic E-state index is 13.0. The lowest BCUT2D eigenvalue weighted by molar-refractivity contribution is -0.126. The molecule has 0 saturated carbocycles. The van der Waals surface area contributed by atoms with Crippen molar-refractivity contribution < 1.29 is 9.53 Å². The lowest BCUT2D eigenvalue weighted by Crippen LogP contribution is -2.41. The lowest BCUT2D eigenvalue weighted by Gasteiger charge is -2.31. The molecule has 1 amide bonds. The molecule has 3 nitrogen and oxygen atoms in total. The Morgan fingerprint density at radius 1 is 1.00 bits per heavy atom. The number of anilines is 1. The Morgan fingerprint density at radius 3 is 2.28 bits per heavy atom. The van der Waals surface area contributed by atoms with Crippen LogP contribution < -0.4 is 4.90 Å². The number of amides is 1. The van der Waals surface area contributed by atoms with E-state index in [1.54, 1.807) is 12.0 Å². The number of benzene rings is 2. The Bertz CT molecular complexity index is 702. The van der Waals surface area contributed by atoms with E-state index >= 15 is 0 Å². The first kappa shape index (κ1) is 19.2. The molecule has 2 rings (SSSR count). The average molecular weight is 339 g/mol. The van der Waals surface area contributed by atoms with E-state index < -0.39 is 5.41 Å². The van der Waals surface area contributed by atoms with Crippen LogP contribution in [0.4, 0.5) is 5.69 Å². The molecule has 0 saturated heterocycles. The van der Waals surface area contributed by atoms with Crippen molar-refractivity contribution in [2.75, 3.05) is 18.7 Å². The summed E-state index contributed by atoms with van der Waals surface area (Å²) in [7, 11) is 1.63. The molecule has 134 valence electrons. The molecule has 0 N–H and O–H groups in total. The Morgan fingerprint density at radius 2 is 1.68 bits per heavy atom. The van der Waals surface area contributed by atoms with E-state index in [0.717, 1.165) is 24.1 Å². The fourth-order valence-electron chi connectivity index (χ4n) is 2.99. The standard InChI is InChI=1S/C22H29NO2/c1-17-10-9-13-19(15-14-18-11-7-6-8-12-18)20(17)23(16-25-5)21(24)22(2,3)4/h6-13H,14-16H2,1-5H3. The van der Waals surface area contributed by atoms with Crippen molar-refractivity contribution in [2.24, 2.45) is 5.41 Å². The Labute approximate surface area is 151 Å². The van der Waals surface area contributed by atoms with Crippen molar-refractivity contribution in [3.63, 3.8) is 0 Å². The molecule has 0 bridgehead atoms. The summed E-state index contributed by atoms with van der Waals surface area (Å²) in [6.07, 6.45) is 1.83. The van der Waals surface area contributed by atoms with Gasteiger partial charge in [-0.1, -0.05) is 69.3 Å². The number of hydrogen-bond acceptors (Lipinski definition) is 2. The van der Waals surface area contributed by atoms with Gasteiger partial charge in [-0.25, -0.2) is 0 Å². The molecule has 0 radical (unpaired) electrons. The zero-order chi connectivity index (χ0) is 18.4. The average Bonchev–Trinajstić information content (AvgIpc) is 2.58. The molecule has 0 aliphatic carbocycles. The van der Waals surface area contributed by atoms with Crippen LogP contribution in [0.5, 0.6) is 0 Å². The second kappa shape index (κ2) is 8.30. The smallest absolute Gasteiger partial charge is 0.234 e. The van der Waals surface area contributed by atoms with Crippen molar-refractivity contribution in [3.8, 4) is 0 Å². The van der Waals surface area contributed by atoms with Gasteiger partial charge < -0.3 is 4.74 Å². The Kier molecular flexibility index (Phi) is 6.38. The van der Waals surface area contributed by atoms with Gasteiger partial charge in [-0.2, -0.15) is 0 Å². The second-order valence-corrected chi connectivity index (χ2v) is 7.47. The minimum Gasteiger partial charge on any atom is -0.364 e. The summed E-state index contributed by atoms with van der Waals surface area (Å²) >= 11 is 0. The highest BCUT2D eigenvalue weighted by Crippen LogP contribution is 2.30. The predicted molar refractivity (Wildman–Crippen MR) is 104 cm³/mol. The maximum Gasteiger partial charge on any atom is 0.234 e. The third kappa shape index (κ3) is 4.93. The molecule has 2 aromatic carbocycles. The number of carbonyl (C=O) groups excluding carboxylic acids is 1. The largest absolute Gasteiger partial charge is 0.364 e. The predicted octanol–water partition coefficient (Wildman–Crippen LogP) is 4.76. The second-order valence-electron chi connectivity index (χ2n) is 7.47. The van der Waals surface area contributed by atoms with E-state index in [2.05, 4.69) is 49.4 Å². The zero-order valence-electron chi connectivity index (χ0n) is 16.0. The number of carbonyl (C=O) groups is 1. The van der Waals surface area contributed by atoms with Crippen molar-refractivity contribution in [3.05, 3.63) is 65.2 Å². The number of para-hydroxylation sites is 1. The number of methoxy groups -OCH3 is 1. The summed E-state index contributed by atoms with van der Waals surface area (Å²) in [5.41, 5.74) is 4.10. The quantitative estimate of drug-likeness (QED) is 0.710. The third-order valence-electron chi connectivity index (χ3n) is 4.26. The molecule has 0 heterocycles. The number of nitrogens with zero attached hydrogens (tertiary/aromatic N) is 1. The highest BCUT2D eigenvalue weighted by Gasteiger charge is 2.30. The van der Waals surface area contributed by atoms with Gasteiger partial charge in [0.25, 0.3) is 0 Å². The van der Waals surface area contributed by atoms with Crippen LogP contribution in [-0.2, 0) is 22.4 Å². The number of ether oxygens (including phenoxy) is 1. The van der Waals surface area contributed by atoms with Gasteiger partial charge in [0.2, 0.25) is 5.91 Å². The number of aryl methyl sites for hydroxylation is 3. The van der Waals surface area contributed by atoms with Crippen LogP contribution in [-0.4, -0.2) is 19.7 Å². The first-order chi connectivity index (χ1) is 11.8. The van der Waals surface area contributed by atoms with Crippen LogP contribution in [0.3, 0.4) is 0 Å². The monoisotopic (exact) mass is 339 g/mol. The highest BCUT2D eigenvalue weighted by atomic mass is 16.5. The Balaban J connectivity index is 2.35. The van der Waals surface area contributed by atoms with Gasteiger partial charge in [0.1, 0.15) is 6.73 Å². The van der Waals surface area contributed by atoms with Gasteiger partial charge >= 0.3 is 0 Å². The van der Waals surface area contributed by atoms with Crippen LogP contribution in [0, 0.1) is 12.3 Å². The van der Waals surface area contributed by atoms with Crippen molar-refractivity contribution in [2.45, 2.75) is 40.5 Å². The van der Waals surface area contributed by atoms with Crippen molar-refractivity contribution >= 4 is 11.6 Å². The van der Waals surface area contributed by atoms with Gasteiger partial charge in [0.05, 0.1) is 5.69 Å². The topological polar surface area (TPSA) is 29.5 Å². The van der Waals surface area contributed by atoms with E-state index in [-0.39, 0.29) is 12.6 Å². The van der Waals surface area contributed by atoms with Crippen LogP contribution >= 0.6 is 0 Å². The summed E-state index contributed by atoms with van der Waals surface area (Å²) in [5.74, 6) is 0.0737. The molecule has 3 heteroatoms. The summed E-state index contributed by atoms with van der Waals surface area (Å²) < 4.78 is 5.35. The summed E-state index contributed by atoms with van der Waals surface area (Å²) in [6, 6.07) is 16.7. The van der Waals surface area contributed by atoms with E-state index in [9.17, 15) is 4.79 Å². The summed E-state index contributed by atoms with van der Waals surface area (Å²) in [5, 5.41) is 0. The normalized spacial score (nSPS) is 11.4. The van der Waals surface area contributed by atoms with E-state index in [1.165, 1.54) is 11.1 Å². The summed E-state index contributed by atoms with van der Waals surface area (Å²) in [6.45, 7) is 8.15. The summed E-state index contributed by atoms with van der Waals surface area (Å²) in [4.78, 5) is 14.8. The molecule has 0 aromatic heterocycles. The van der Waals surface area contributed by atoms with Gasteiger partial charge in [-0.3, -0.25) is 9.69 Å². The molecule has 0 fully saturated rings. The minimum absolute atomic E-state index is 0.0737. The van der Waals surface area contributed by atoms with Gasteiger partial charge in [-0.05, 0) is 36.5 Å². The molecule has 0 unspecified atom stereocenters. The zero-order valence-corrected chi connectivity index (χ0v) is 16.0. The Hall–Kier alpha value is -2.13. The minimum atomic E-state index is -0.461. The molecular weight excluding hydrogens is 310 g/mol. The van der Waals surface area contributed by atoms with Gasteiger partial charge in [-0.15, -0.1) is 0 Å². The highest BCUT2D eigenvalue weighted by molar-refractivity contribution is 5.98. The molecular formula is C22H29NO2. The first-order valence-electron chi connectivity index (χ1n) is 8.78. The van der Waals surface area contributed by atoms with Crippen LogP contribution in [0.1, 0.15) is 37.5 Å². The fourth-order valence-corrected chi connectivity index (χ4v) is 2.99. The number of rotatable bonds is 6. The number of hydrogen-bond donors (Lipinski definition) is 0. The van der Waals surface area contributed by atoms with Gasteiger partial charge in [0.15, 0.2) is 0 Å². The third-order valence-corrected chi connectivity index (χ3v) is 4.26. The van der Waals surface area contributed by atoms with Crippen LogP contribution in [0.15, 0.2) is 48.5 Å². The van der Waals surface area contributed by atoms with Crippen molar-refractivity contribution in [1.82, 2.24) is 0 Å². The molecule has 0 spiro atoms. The molecule has 0 aliphatic rings. The molecule has 25 heavy (non-hydrogen) atoms. The molecule has 0 aliphatic heterocycles. The van der Waals surface area contributed by atoms with Crippen molar-refractivity contribution in [1.29, 1.82) is 0 Å². The van der Waals surface area contributed by atoms with E-state index in [4.69, 9.17) is 4.74 Å². The van der Waals surface area contributed by atoms with E-state index in [0.29, 0.717) is 0 Å². The maximum absolute atomic E-state index is 13.0. The van der Waals surface area contributed by atoms with E-state index in [1.807, 2.05) is 26.8 Å².